The maximum atomic E-state index is 2.63. The van der Waals surface area contributed by atoms with Gasteiger partial charge in [-0.2, -0.15) is 0 Å². The molecule has 4 aliphatic rings. The SMILES string of the molecule is CC(C)(C)C1=CC[C]([Hf]([C]2=CC(C(C)(C)C)=CC2)=[Si](c2ccccc2)c2ccccc2)=C1.CC(C)(C)C1=CC[C]([Hf]([C]2=CC(C(C)(C)C)=CC2)=[Si](c2ccccc2)c2ccccc2)=C1.Cl.Cl. The standard InChI is InChI=1S/2C12H10Si.4C9H13.2ClH.2Hf/c2*1-3-7-11(8-4-1)13-12-9-5-2-6-10-12;4*1-9(2,3)8-6-4-5-7-8;;;;/h2*1-10H;4*6-7H,4H2,1-3H3;2*1H;;. The molecule has 4 aromatic carbocycles. The van der Waals surface area contributed by atoms with E-state index >= 15 is 0 Å². The van der Waals surface area contributed by atoms with Crippen LogP contribution in [0.15, 0.2) is 206 Å². The van der Waals surface area contributed by atoms with Crippen LogP contribution in [0.25, 0.3) is 0 Å². The maximum absolute atomic E-state index is 2.63. The quantitative estimate of drug-likeness (QED) is 0.154. The van der Waals surface area contributed by atoms with Gasteiger partial charge in [-0.15, -0.1) is 24.8 Å². The van der Waals surface area contributed by atoms with E-state index < -0.39 is 51.1 Å². The Morgan fingerprint density at radius 3 is 0.636 bits per heavy atom. The molecule has 0 aliphatic heterocycles. The third-order valence-corrected chi connectivity index (χ3v) is 65.6. The van der Waals surface area contributed by atoms with Gasteiger partial charge in [0.2, 0.25) is 0 Å². The molecule has 66 heavy (non-hydrogen) atoms. The van der Waals surface area contributed by atoms with Crippen molar-refractivity contribution in [2.24, 2.45) is 21.7 Å². The summed E-state index contributed by atoms with van der Waals surface area (Å²) < 4.78 is 7.26. The average molecular weight is 1280 g/mol. The molecule has 4 aliphatic carbocycles. The van der Waals surface area contributed by atoms with Gasteiger partial charge >= 0.3 is 408 Å². The Morgan fingerprint density at radius 2 is 0.485 bits per heavy atom. The number of allylic oxidation sites excluding steroid dienone is 16. The van der Waals surface area contributed by atoms with Crippen molar-refractivity contribution >= 4 is 56.6 Å². The molecule has 0 saturated carbocycles. The molecule has 0 N–H and O–H groups in total. The van der Waals surface area contributed by atoms with Crippen LogP contribution < -0.4 is 20.7 Å². The van der Waals surface area contributed by atoms with Crippen molar-refractivity contribution in [3.63, 3.8) is 0 Å². The molecule has 4 aromatic rings. The molecule has 0 radical (unpaired) electrons. The zero-order valence-corrected chi connectivity index (χ0v) is 52.6. The van der Waals surface area contributed by atoms with Crippen LogP contribution in [0, 0.1) is 21.7 Å². The molecule has 344 valence electrons. The molecule has 0 amide bonds. The first-order valence-corrected chi connectivity index (χ1v) is 44.6. The van der Waals surface area contributed by atoms with Crippen molar-refractivity contribution in [3.8, 4) is 0 Å². The van der Waals surface area contributed by atoms with Gasteiger partial charge in [0.25, 0.3) is 0 Å². The fraction of sp³-hybridized carbons (Fsp3) is 0.333. The van der Waals surface area contributed by atoms with Crippen molar-refractivity contribution in [2.75, 3.05) is 0 Å². The summed E-state index contributed by atoms with van der Waals surface area (Å²) in [7, 11) is 0. The topological polar surface area (TPSA) is 0 Å². The number of rotatable bonds is 8. The van der Waals surface area contributed by atoms with Crippen molar-refractivity contribution in [1.29, 1.82) is 0 Å². The van der Waals surface area contributed by atoms with Gasteiger partial charge in [-0.05, 0) is 0 Å². The first-order valence-electron chi connectivity index (χ1n) is 23.7. The first kappa shape index (κ1) is 54.5. The van der Waals surface area contributed by atoms with Gasteiger partial charge in [-0.3, -0.25) is 0 Å². The van der Waals surface area contributed by atoms with E-state index in [1.54, 1.807) is 43.0 Å². The third kappa shape index (κ3) is 13.4. The van der Waals surface area contributed by atoms with E-state index in [1.807, 2.05) is 13.3 Å². The van der Waals surface area contributed by atoms with Gasteiger partial charge in [0, 0.05) is 0 Å². The number of benzene rings is 4. The minimum atomic E-state index is -2.41. The van der Waals surface area contributed by atoms with Crippen LogP contribution in [0.5, 0.6) is 0 Å². The molecule has 0 heterocycles. The van der Waals surface area contributed by atoms with E-state index in [-0.39, 0.29) is 46.5 Å². The Balaban J connectivity index is 0.000000240. The van der Waals surface area contributed by atoms with Crippen LogP contribution >= 0.6 is 24.8 Å². The van der Waals surface area contributed by atoms with Crippen LogP contribution in [0.3, 0.4) is 0 Å². The Hall–Kier alpha value is -2.45. The van der Waals surface area contributed by atoms with Gasteiger partial charge < -0.3 is 0 Å². The van der Waals surface area contributed by atoms with Gasteiger partial charge in [0.05, 0.1) is 0 Å². The Morgan fingerprint density at radius 1 is 0.303 bits per heavy atom. The molecular formula is C60H74Cl2Hf2Si2. The van der Waals surface area contributed by atoms with Crippen LogP contribution in [0.2, 0.25) is 0 Å². The molecule has 0 unspecified atom stereocenters. The summed E-state index contributed by atoms with van der Waals surface area (Å²) in [5.74, 6) is 0. The predicted molar refractivity (Wildman–Crippen MR) is 291 cm³/mol. The van der Waals surface area contributed by atoms with E-state index in [0.717, 1.165) is 0 Å². The first-order chi connectivity index (χ1) is 30.3. The fourth-order valence-electron chi connectivity index (χ4n) is 9.27. The second-order valence-corrected chi connectivity index (χ2v) is 59.5. The van der Waals surface area contributed by atoms with Crippen LogP contribution in [-0.4, -0.2) is 11.0 Å². The van der Waals surface area contributed by atoms with Gasteiger partial charge in [0.1, 0.15) is 0 Å². The molecule has 0 aromatic heterocycles. The van der Waals surface area contributed by atoms with Crippen molar-refractivity contribution < 1.29 is 40.1 Å². The minimum Gasteiger partial charge on any atom is -0.147 e. The number of hydrogen-bond acceptors (Lipinski definition) is 0. The Kier molecular flexibility index (Phi) is 19.0. The van der Waals surface area contributed by atoms with Crippen LogP contribution in [0.4, 0.5) is 0 Å². The van der Waals surface area contributed by atoms with Gasteiger partial charge in [-0.1, -0.05) is 0 Å². The average Bonchev–Trinajstić information content (AvgIpc) is 4.10. The largest absolute Gasteiger partial charge is 0.147 e. The summed E-state index contributed by atoms with van der Waals surface area (Å²) in [4.78, 5) is 0. The van der Waals surface area contributed by atoms with E-state index in [4.69, 9.17) is 0 Å². The van der Waals surface area contributed by atoms with Gasteiger partial charge in [0.15, 0.2) is 0 Å². The summed E-state index contributed by atoms with van der Waals surface area (Å²) >= 11 is -4.82. The van der Waals surface area contributed by atoms with E-state index in [1.165, 1.54) is 25.7 Å². The smallest absolute Gasteiger partial charge is 0.147 e. The molecule has 0 atom stereocenters. The molecule has 0 spiro atoms. The molecule has 6 heteroatoms. The molecule has 8 rings (SSSR count). The Labute approximate surface area is 428 Å². The summed E-state index contributed by atoms with van der Waals surface area (Å²) in [6, 6.07) is 45.9. The zero-order chi connectivity index (χ0) is 45.9. The molecule has 0 nitrogen and oxygen atoms in total. The molecular weight excluding hydrogens is 1200 g/mol. The van der Waals surface area contributed by atoms with E-state index in [9.17, 15) is 0 Å². The third-order valence-electron chi connectivity index (χ3n) is 13.0. The fourth-order valence-corrected chi connectivity index (χ4v) is 65.3. The van der Waals surface area contributed by atoms with E-state index in [0.29, 0.717) is 0 Å². The molecule has 0 saturated heterocycles. The minimum absolute atomic E-state index is 0. The maximum Gasteiger partial charge on any atom is -0.147 e. The molecule has 0 fully saturated rings. The predicted octanol–water partition coefficient (Wildman–Crippen LogP) is 14.7. The Bertz CT molecular complexity index is 2310. The second kappa shape index (κ2) is 23.0. The number of hydrogen-bond donors (Lipinski definition) is 0. The van der Waals surface area contributed by atoms with Crippen LogP contribution in [-0.2, 0) is 40.1 Å². The summed E-state index contributed by atoms with van der Waals surface area (Å²) in [5.41, 5.74) is 5.41. The van der Waals surface area contributed by atoms with Crippen molar-refractivity contribution in [2.45, 2.75) is 109 Å². The summed E-state index contributed by atoms with van der Waals surface area (Å²) in [6.07, 6.45) is 25.3. The van der Waals surface area contributed by atoms with Crippen molar-refractivity contribution in [1.82, 2.24) is 0 Å². The van der Waals surface area contributed by atoms with Gasteiger partial charge in [-0.25, -0.2) is 0 Å². The van der Waals surface area contributed by atoms with Crippen molar-refractivity contribution in [3.05, 3.63) is 206 Å². The summed E-state index contributed by atoms with van der Waals surface area (Å²) in [6.45, 7) is 28.3. The van der Waals surface area contributed by atoms with Crippen LogP contribution in [0.1, 0.15) is 109 Å². The normalized spacial score (nSPS) is 15.8. The second-order valence-electron chi connectivity index (χ2n) is 22.1. The van der Waals surface area contributed by atoms with E-state index in [2.05, 4.69) is 253 Å². The number of halogens is 2. The zero-order valence-electron chi connectivity index (χ0n) is 41.8. The molecule has 0 bridgehead atoms. The summed E-state index contributed by atoms with van der Waals surface area (Å²) in [5, 5.41) is 6.39. The monoisotopic (exact) mass is 1280 g/mol.